The highest BCUT2D eigenvalue weighted by atomic mass is 35.5. The first-order valence-electron chi connectivity index (χ1n) is 5.84. The third-order valence-corrected chi connectivity index (χ3v) is 3.82. The Labute approximate surface area is 105 Å². The van der Waals surface area contributed by atoms with Crippen molar-refractivity contribution >= 4 is 22.5 Å². The maximum atomic E-state index is 6.13. The lowest BCUT2D eigenvalue weighted by Gasteiger charge is -2.18. The molecule has 0 radical (unpaired) electrons. The molecule has 1 aliphatic carbocycles. The van der Waals surface area contributed by atoms with Crippen LogP contribution in [0.3, 0.4) is 0 Å². The summed E-state index contributed by atoms with van der Waals surface area (Å²) in [5.41, 5.74) is 9.67. The molecule has 3 nitrogen and oxygen atoms in total. The highest BCUT2D eigenvalue weighted by molar-refractivity contribution is 6.32. The summed E-state index contributed by atoms with van der Waals surface area (Å²) >= 11 is 6.13. The Hall–Kier alpha value is -1.19. The molecule has 1 atom stereocenters. The first-order valence-corrected chi connectivity index (χ1v) is 6.22. The van der Waals surface area contributed by atoms with Gasteiger partial charge in [0.05, 0.1) is 12.1 Å². The number of aryl methyl sites for hydroxylation is 1. The second-order valence-corrected chi connectivity index (χ2v) is 4.96. The highest BCUT2D eigenvalue weighted by Gasteiger charge is 2.22. The van der Waals surface area contributed by atoms with Crippen LogP contribution in [0.15, 0.2) is 12.1 Å². The maximum absolute atomic E-state index is 6.13. The zero-order chi connectivity index (χ0) is 12.0. The van der Waals surface area contributed by atoms with Crippen LogP contribution in [0.25, 0.3) is 10.9 Å². The van der Waals surface area contributed by atoms with Gasteiger partial charge < -0.3 is 15.5 Å². The number of benzene rings is 1. The van der Waals surface area contributed by atoms with Crippen LogP contribution in [0.4, 0.5) is 0 Å². The smallest absolute Gasteiger partial charge is 0.138 e. The van der Waals surface area contributed by atoms with E-state index in [1.165, 1.54) is 10.9 Å². The first kappa shape index (κ1) is 10.9. The number of nitrogens with two attached hydrogens (primary N) is 1. The van der Waals surface area contributed by atoms with Gasteiger partial charge in [0.15, 0.2) is 0 Å². The molecule has 0 saturated heterocycles. The summed E-state index contributed by atoms with van der Waals surface area (Å²) < 4.78 is 5.26. The SMILES string of the molecule is COc1cc2c3c([nH]c2cc1Cl)C(N)CCC3. The van der Waals surface area contributed by atoms with Gasteiger partial charge in [-0.25, -0.2) is 0 Å². The second kappa shape index (κ2) is 3.93. The van der Waals surface area contributed by atoms with Crippen LogP contribution in [0.2, 0.25) is 5.02 Å². The Morgan fingerprint density at radius 3 is 3.06 bits per heavy atom. The molecular weight excluding hydrogens is 236 g/mol. The number of hydrogen-bond donors (Lipinski definition) is 2. The molecule has 0 fully saturated rings. The van der Waals surface area contributed by atoms with E-state index in [-0.39, 0.29) is 6.04 Å². The third-order valence-electron chi connectivity index (χ3n) is 3.52. The van der Waals surface area contributed by atoms with Crippen LogP contribution < -0.4 is 10.5 Å². The standard InChI is InChI=1S/C13H15ClN2O/c1-17-12-5-8-7-3-2-4-10(15)13(7)16-11(8)6-9(12)14/h5-6,10,16H,2-4,15H2,1H3. The van der Waals surface area contributed by atoms with Gasteiger partial charge in [-0.2, -0.15) is 0 Å². The topological polar surface area (TPSA) is 51.0 Å². The van der Waals surface area contributed by atoms with E-state index < -0.39 is 0 Å². The lowest BCUT2D eigenvalue weighted by Crippen LogP contribution is -2.16. The number of ether oxygens (including phenoxy) is 1. The normalized spacial score (nSPS) is 19.4. The van der Waals surface area contributed by atoms with E-state index in [0.717, 1.165) is 36.2 Å². The Balaban J connectivity index is 2.28. The van der Waals surface area contributed by atoms with Crippen LogP contribution in [-0.4, -0.2) is 12.1 Å². The fourth-order valence-corrected chi connectivity index (χ4v) is 2.90. The summed E-state index contributed by atoms with van der Waals surface area (Å²) in [6.07, 6.45) is 3.27. The van der Waals surface area contributed by atoms with Crippen molar-refractivity contribution in [2.45, 2.75) is 25.3 Å². The molecule has 4 heteroatoms. The number of rotatable bonds is 1. The van der Waals surface area contributed by atoms with Gasteiger partial charge in [0.25, 0.3) is 0 Å². The molecule has 3 N–H and O–H groups in total. The van der Waals surface area contributed by atoms with E-state index in [9.17, 15) is 0 Å². The molecule has 90 valence electrons. The molecule has 0 aliphatic heterocycles. The van der Waals surface area contributed by atoms with Crippen molar-refractivity contribution < 1.29 is 4.74 Å². The summed E-state index contributed by atoms with van der Waals surface area (Å²) in [4.78, 5) is 3.39. The van der Waals surface area contributed by atoms with Crippen LogP contribution in [0, 0.1) is 0 Å². The molecule has 1 aromatic heterocycles. The minimum atomic E-state index is 0.121. The molecule has 1 aliphatic rings. The van der Waals surface area contributed by atoms with Gasteiger partial charge in [-0.1, -0.05) is 11.6 Å². The molecule has 0 spiro atoms. The van der Waals surface area contributed by atoms with Crippen LogP contribution in [0.1, 0.15) is 30.1 Å². The minimum Gasteiger partial charge on any atom is -0.495 e. The molecule has 0 saturated carbocycles. The van der Waals surface area contributed by atoms with Gasteiger partial charge in [0.1, 0.15) is 5.75 Å². The number of aromatic amines is 1. The molecule has 2 aromatic rings. The quantitative estimate of drug-likeness (QED) is 0.817. The summed E-state index contributed by atoms with van der Waals surface area (Å²) in [7, 11) is 1.64. The predicted octanol–water partition coefficient (Wildman–Crippen LogP) is 3.17. The van der Waals surface area contributed by atoms with Gasteiger partial charge in [-0.3, -0.25) is 0 Å². The first-order chi connectivity index (χ1) is 8.20. The van der Waals surface area contributed by atoms with Crippen molar-refractivity contribution in [3.8, 4) is 5.75 Å². The average Bonchev–Trinajstić information content (AvgIpc) is 2.67. The van der Waals surface area contributed by atoms with Gasteiger partial charge in [-0.05, 0) is 37.0 Å². The van der Waals surface area contributed by atoms with E-state index in [0.29, 0.717) is 5.02 Å². The minimum absolute atomic E-state index is 0.121. The number of H-pyrrole nitrogens is 1. The molecule has 1 heterocycles. The van der Waals surface area contributed by atoms with Crippen LogP contribution >= 0.6 is 11.6 Å². The molecular formula is C13H15ClN2O. The predicted molar refractivity (Wildman–Crippen MR) is 69.7 cm³/mol. The Bertz CT molecular complexity index is 576. The van der Waals surface area contributed by atoms with Crippen molar-refractivity contribution in [1.29, 1.82) is 0 Å². The Morgan fingerprint density at radius 2 is 2.29 bits per heavy atom. The molecule has 17 heavy (non-hydrogen) atoms. The summed E-state index contributed by atoms with van der Waals surface area (Å²) in [6.45, 7) is 0. The van der Waals surface area contributed by atoms with E-state index in [1.807, 2.05) is 12.1 Å². The second-order valence-electron chi connectivity index (χ2n) is 4.55. The number of halogens is 1. The van der Waals surface area contributed by atoms with Crippen molar-refractivity contribution in [3.63, 3.8) is 0 Å². The van der Waals surface area contributed by atoms with Crippen LogP contribution in [-0.2, 0) is 6.42 Å². The van der Waals surface area contributed by atoms with Crippen molar-refractivity contribution in [3.05, 3.63) is 28.4 Å². The summed E-state index contributed by atoms with van der Waals surface area (Å²) in [5, 5.41) is 1.82. The lowest BCUT2D eigenvalue weighted by atomic mass is 9.92. The Kier molecular flexibility index (Phi) is 2.53. The fraction of sp³-hybridized carbons (Fsp3) is 0.385. The molecule has 0 bridgehead atoms. The summed E-state index contributed by atoms with van der Waals surface area (Å²) in [6, 6.07) is 4.04. The van der Waals surface area contributed by atoms with Gasteiger partial charge in [-0.15, -0.1) is 0 Å². The monoisotopic (exact) mass is 250 g/mol. The number of nitrogens with one attached hydrogen (secondary N) is 1. The average molecular weight is 251 g/mol. The molecule has 3 rings (SSSR count). The third kappa shape index (κ3) is 1.61. The zero-order valence-electron chi connectivity index (χ0n) is 9.72. The summed E-state index contributed by atoms with van der Waals surface area (Å²) in [5.74, 6) is 0.722. The Morgan fingerprint density at radius 1 is 1.47 bits per heavy atom. The number of methoxy groups -OCH3 is 1. The number of aromatic nitrogens is 1. The van der Waals surface area contributed by atoms with Gasteiger partial charge in [0, 0.05) is 22.6 Å². The zero-order valence-corrected chi connectivity index (χ0v) is 10.5. The highest BCUT2D eigenvalue weighted by Crippen LogP contribution is 2.37. The largest absolute Gasteiger partial charge is 0.495 e. The molecule has 1 unspecified atom stereocenters. The van der Waals surface area contributed by atoms with E-state index in [2.05, 4.69) is 4.98 Å². The maximum Gasteiger partial charge on any atom is 0.138 e. The van der Waals surface area contributed by atoms with Crippen molar-refractivity contribution in [2.24, 2.45) is 5.73 Å². The van der Waals surface area contributed by atoms with E-state index in [4.69, 9.17) is 22.1 Å². The fourth-order valence-electron chi connectivity index (χ4n) is 2.66. The van der Waals surface area contributed by atoms with Gasteiger partial charge in [0.2, 0.25) is 0 Å². The van der Waals surface area contributed by atoms with E-state index in [1.54, 1.807) is 7.11 Å². The lowest BCUT2D eigenvalue weighted by molar-refractivity contribution is 0.415. The van der Waals surface area contributed by atoms with Gasteiger partial charge >= 0.3 is 0 Å². The van der Waals surface area contributed by atoms with Crippen molar-refractivity contribution in [1.82, 2.24) is 4.98 Å². The number of fused-ring (bicyclic) bond motifs is 3. The van der Waals surface area contributed by atoms with Crippen molar-refractivity contribution in [2.75, 3.05) is 7.11 Å². The van der Waals surface area contributed by atoms with Crippen LogP contribution in [0.5, 0.6) is 5.75 Å². The molecule has 0 amide bonds. The molecule has 1 aromatic carbocycles. The van der Waals surface area contributed by atoms with E-state index >= 15 is 0 Å². The number of hydrogen-bond acceptors (Lipinski definition) is 2.